The summed E-state index contributed by atoms with van der Waals surface area (Å²) in [7, 11) is 0. The van der Waals surface area contributed by atoms with Gasteiger partial charge in [0.05, 0.1) is 4.34 Å². The van der Waals surface area contributed by atoms with Gasteiger partial charge >= 0.3 is 0 Å². The molecule has 1 heterocycles. The van der Waals surface area contributed by atoms with Gasteiger partial charge in [-0.05, 0) is 26.0 Å². The lowest BCUT2D eigenvalue weighted by molar-refractivity contribution is 0.567. The Morgan fingerprint density at radius 1 is 1.50 bits per heavy atom. The summed E-state index contributed by atoms with van der Waals surface area (Å²) >= 11 is 7.26. The maximum Gasteiger partial charge on any atom is 0.0931 e. The van der Waals surface area contributed by atoms with Crippen molar-refractivity contribution < 1.29 is 0 Å². The fourth-order valence-corrected chi connectivity index (χ4v) is 1.72. The van der Waals surface area contributed by atoms with Gasteiger partial charge in [0.25, 0.3) is 0 Å². The van der Waals surface area contributed by atoms with Gasteiger partial charge in [0.1, 0.15) is 0 Å². The lowest BCUT2D eigenvalue weighted by Crippen LogP contribution is -2.27. The standard InChI is InChI=1S/C7H10ClNS/c1-7(2,9)5-3-4-6(8)10-5/h3-4H,9H2,1-2H3. The van der Waals surface area contributed by atoms with Crippen LogP contribution >= 0.6 is 22.9 Å². The van der Waals surface area contributed by atoms with E-state index >= 15 is 0 Å². The van der Waals surface area contributed by atoms with E-state index < -0.39 is 0 Å². The molecule has 56 valence electrons. The molecule has 0 radical (unpaired) electrons. The van der Waals surface area contributed by atoms with Gasteiger partial charge in [-0.25, -0.2) is 0 Å². The van der Waals surface area contributed by atoms with Crippen LogP contribution in [0, 0.1) is 0 Å². The van der Waals surface area contributed by atoms with Crippen molar-refractivity contribution in [1.82, 2.24) is 0 Å². The molecule has 0 spiro atoms. The molecular formula is C7H10ClNS. The molecule has 0 amide bonds. The van der Waals surface area contributed by atoms with E-state index in [4.69, 9.17) is 17.3 Å². The Kier molecular flexibility index (Phi) is 2.04. The number of nitrogens with two attached hydrogens (primary N) is 1. The predicted molar refractivity (Wildman–Crippen MR) is 46.5 cm³/mol. The van der Waals surface area contributed by atoms with Crippen molar-refractivity contribution in [3.8, 4) is 0 Å². The van der Waals surface area contributed by atoms with Crippen molar-refractivity contribution in [2.45, 2.75) is 19.4 Å². The molecule has 1 rings (SSSR count). The Morgan fingerprint density at radius 2 is 2.10 bits per heavy atom. The molecule has 0 aliphatic rings. The van der Waals surface area contributed by atoms with Crippen molar-refractivity contribution in [2.75, 3.05) is 0 Å². The molecule has 3 heteroatoms. The van der Waals surface area contributed by atoms with Crippen LogP contribution in [0.25, 0.3) is 0 Å². The summed E-state index contributed by atoms with van der Waals surface area (Å²) in [6.45, 7) is 3.93. The lowest BCUT2D eigenvalue weighted by Gasteiger charge is -2.15. The highest BCUT2D eigenvalue weighted by atomic mass is 35.5. The van der Waals surface area contributed by atoms with E-state index in [2.05, 4.69) is 0 Å². The largest absolute Gasteiger partial charge is 0.321 e. The van der Waals surface area contributed by atoms with Gasteiger partial charge in [-0.3, -0.25) is 0 Å². The third-order valence-electron chi connectivity index (χ3n) is 1.21. The molecule has 2 N–H and O–H groups in total. The molecule has 0 fully saturated rings. The Labute approximate surface area is 69.8 Å². The van der Waals surface area contributed by atoms with E-state index in [0.717, 1.165) is 9.21 Å². The molecule has 0 aliphatic heterocycles. The topological polar surface area (TPSA) is 26.0 Å². The minimum Gasteiger partial charge on any atom is -0.321 e. The van der Waals surface area contributed by atoms with Crippen LogP contribution in [0.3, 0.4) is 0 Å². The van der Waals surface area contributed by atoms with Crippen molar-refractivity contribution in [3.63, 3.8) is 0 Å². The van der Waals surface area contributed by atoms with Gasteiger partial charge in [0, 0.05) is 10.4 Å². The summed E-state index contributed by atoms with van der Waals surface area (Å²) in [5.41, 5.74) is 5.57. The Balaban J connectivity index is 2.96. The van der Waals surface area contributed by atoms with Gasteiger partial charge in [0.15, 0.2) is 0 Å². The monoisotopic (exact) mass is 175 g/mol. The van der Waals surface area contributed by atoms with E-state index in [1.807, 2.05) is 26.0 Å². The van der Waals surface area contributed by atoms with Crippen LogP contribution in [-0.2, 0) is 5.54 Å². The molecule has 1 aromatic heterocycles. The van der Waals surface area contributed by atoms with Crippen LogP contribution < -0.4 is 5.73 Å². The van der Waals surface area contributed by atoms with Crippen LogP contribution in [0.1, 0.15) is 18.7 Å². The molecule has 0 bridgehead atoms. The summed E-state index contributed by atoms with van der Waals surface area (Å²) in [6.07, 6.45) is 0. The molecule has 0 aliphatic carbocycles. The first-order chi connectivity index (χ1) is 4.50. The fourth-order valence-electron chi connectivity index (χ4n) is 0.661. The summed E-state index contributed by atoms with van der Waals surface area (Å²) in [6, 6.07) is 3.84. The van der Waals surface area contributed by atoms with E-state index in [-0.39, 0.29) is 5.54 Å². The first kappa shape index (κ1) is 8.05. The van der Waals surface area contributed by atoms with Gasteiger partial charge in [-0.1, -0.05) is 11.6 Å². The summed E-state index contributed by atoms with van der Waals surface area (Å²) in [4.78, 5) is 1.12. The summed E-state index contributed by atoms with van der Waals surface area (Å²) < 4.78 is 0.800. The molecule has 10 heavy (non-hydrogen) atoms. The number of hydrogen-bond donors (Lipinski definition) is 1. The highest BCUT2D eigenvalue weighted by Crippen LogP contribution is 2.28. The fraction of sp³-hybridized carbons (Fsp3) is 0.429. The van der Waals surface area contributed by atoms with Crippen LogP contribution in [0.15, 0.2) is 12.1 Å². The van der Waals surface area contributed by atoms with Crippen molar-refractivity contribution in [1.29, 1.82) is 0 Å². The van der Waals surface area contributed by atoms with Crippen molar-refractivity contribution in [2.24, 2.45) is 5.73 Å². The van der Waals surface area contributed by atoms with Gasteiger partial charge in [0.2, 0.25) is 0 Å². The Hall–Kier alpha value is -0.0500. The number of hydrogen-bond acceptors (Lipinski definition) is 2. The van der Waals surface area contributed by atoms with E-state index in [1.54, 1.807) is 0 Å². The zero-order valence-corrected chi connectivity index (χ0v) is 7.59. The number of halogens is 1. The SMILES string of the molecule is CC(C)(N)c1ccc(Cl)s1. The third-order valence-corrected chi connectivity index (χ3v) is 2.78. The van der Waals surface area contributed by atoms with Gasteiger partial charge < -0.3 is 5.73 Å². The quantitative estimate of drug-likeness (QED) is 0.698. The van der Waals surface area contributed by atoms with E-state index in [9.17, 15) is 0 Å². The van der Waals surface area contributed by atoms with Crippen LogP contribution in [0.5, 0.6) is 0 Å². The second-order valence-corrected chi connectivity index (χ2v) is 4.54. The van der Waals surface area contributed by atoms with Crippen molar-refractivity contribution >= 4 is 22.9 Å². The number of rotatable bonds is 1. The van der Waals surface area contributed by atoms with E-state index in [1.165, 1.54) is 11.3 Å². The van der Waals surface area contributed by atoms with Crippen LogP contribution in [0.2, 0.25) is 4.34 Å². The average Bonchev–Trinajstić information content (AvgIpc) is 2.11. The van der Waals surface area contributed by atoms with Gasteiger partial charge in [-0.15, -0.1) is 11.3 Å². The third kappa shape index (κ3) is 1.72. The van der Waals surface area contributed by atoms with E-state index in [0.29, 0.717) is 0 Å². The van der Waals surface area contributed by atoms with Crippen molar-refractivity contribution in [3.05, 3.63) is 21.3 Å². The minimum absolute atomic E-state index is 0.252. The number of thiophene rings is 1. The summed E-state index contributed by atoms with van der Waals surface area (Å²) in [5.74, 6) is 0. The zero-order valence-electron chi connectivity index (χ0n) is 6.02. The molecule has 1 aromatic rings. The molecule has 0 atom stereocenters. The summed E-state index contributed by atoms with van der Waals surface area (Å²) in [5, 5.41) is 0. The van der Waals surface area contributed by atoms with Crippen LogP contribution in [-0.4, -0.2) is 0 Å². The maximum atomic E-state index is 5.82. The Morgan fingerprint density at radius 3 is 2.30 bits per heavy atom. The lowest BCUT2D eigenvalue weighted by atomic mass is 10.1. The highest BCUT2D eigenvalue weighted by Gasteiger charge is 2.15. The smallest absolute Gasteiger partial charge is 0.0931 e. The van der Waals surface area contributed by atoms with Gasteiger partial charge in [-0.2, -0.15) is 0 Å². The predicted octanol–water partition coefficient (Wildman–Crippen LogP) is 2.60. The molecule has 0 saturated heterocycles. The molecular weight excluding hydrogens is 166 g/mol. The normalized spacial score (nSPS) is 12.0. The first-order valence-electron chi connectivity index (χ1n) is 3.05. The molecule has 0 saturated carbocycles. The molecule has 0 aromatic carbocycles. The minimum atomic E-state index is -0.252. The Bertz CT molecular complexity index is 224. The zero-order chi connectivity index (χ0) is 7.78. The first-order valence-corrected chi connectivity index (χ1v) is 4.24. The second kappa shape index (κ2) is 2.53. The molecule has 0 unspecified atom stereocenters. The maximum absolute atomic E-state index is 5.82. The highest BCUT2D eigenvalue weighted by molar-refractivity contribution is 7.16. The second-order valence-electron chi connectivity index (χ2n) is 2.83. The molecule has 1 nitrogen and oxygen atoms in total. The van der Waals surface area contributed by atoms with Crippen LogP contribution in [0.4, 0.5) is 0 Å². The average molecular weight is 176 g/mol.